The Balaban J connectivity index is 2.13. The Kier molecular flexibility index (Phi) is 4.75. The second-order valence-corrected chi connectivity index (χ2v) is 4.90. The molecular weight excluding hydrogens is 298 g/mol. The van der Waals surface area contributed by atoms with Crippen LogP contribution in [-0.2, 0) is 11.3 Å². The molecule has 0 bridgehead atoms. The maximum absolute atomic E-state index is 13.6. The van der Waals surface area contributed by atoms with E-state index in [1.807, 2.05) is 0 Å². The van der Waals surface area contributed by atoms with E-state index in [4.69, 9.17) is 11.6 Å². The van der Waals surface area contributed by atoms with Gasteiger partial charge in [0.2, 0.25) is 5.91 Å². The smallest absolute Gasteiger partial charge is 0.221 e. The van der Waals surface area contributed by atoms with Gasteiger partial charge < -0.3 is 10.6 Å². The number of hydrogen-bond acceptors (Lipinski definition) is 2. The van der Waals surface area contributed by atoms with Crippen LogP contribution in [0.2, 0.25) is 5.02 Å². The molecule has 3 nitrogen and oxygen atoms in total. The molecule has 0 atom stereocenters. The average molecular weight is 311 g/mol. The van der Waals surface area contributed by atoms with E-state index < -0.39 is 5.82 Å². The first-order chi connectivity index (χ1) is 9.95. The highest BCUT2D eigenvalue weighted by atomic mass is 35.5. The summed E-state index contributed by atoms with van der Waals surface area (Å²) in [6.45, 7) is 1.48. The largest absolute Gasteiger partial charge is 0.381 e. The van der Waals surface area contributed by atoms with Crippen molar-refractivity contribution in [3.05, 3.63) is 58.6 Å². The average Bonchev–Trinajstić information content (AvgIpc) is 2.42. The number of rotatable bonds is 4. The van der Waals surface area contributed by atoms with Gasteiger partial charge in [-0.05, 0) is 36.4 Å². The molecule has 6 heteroatoms. The number of nitrogens with one attached hydrogen (secondary N) is 2. The molecular formula is C15H13ClF2N2O. The summed E-state index contributed by atoms with van der Waals surface area (Å²) in [7, 11) is 0. The van der Waals surface area contributed by atoms with Gasteiger partial charge in [0, 0.05) is 29.7 Å². The van der Waals surface area contributed by atoms with Crippen molar-refractivity contribution in [1.82, 2.24) is 0 Å². The number of carbonyl (C=O) groups is 1. The molecule has 0 saturated carbocycles. The molecule has 0 unspecified atom stereocenters. The number of halogens is 3. The molecule has 0 aliphatic rings. The van der Waals surface area contributed by atoms with E-state index in [1.165, 1.54) is 43.3 Å². The molecule has 0 radical (unpaired) electrons. The van der Waals surface area contributed by atoms with Gasteiger partial charge in [-0.25, -0.2) is 8.78 Å². The Bertz CT molecular complexity index is 677. The highest BCUT2D eigenvalue weighted by Crippen LogP contribution is 2.21. The SMILES string of the molecule is CC(=O)Nc1cc(NCc2cc(Cl)ccc2F)ccc1F. The van der Waals surface area contributed by atoms with Gasteiger partial charge in [-0.3, -0.25) is 4.79 Å². The van der Waals surface area contributed by atoms with Crippen molar-refractivity contribution >= 4 is 28.9 Å². The summed E-state index contributed by atoms with van der Waals surface area (Å²) in [6.07, 6.45) is 0. The molecule has 0 aliphatic heterocycles. The quantitative estimate of drug-likeness (QED) is 0.889. The molecule has 2 N–H and O–H groups in total. The number of carbonyl (C=O) groups excluding carboxylic acids is 1. The number of hydrogen-bond donors (Lipinski definition) is 2. The van der Waals surface area contributed by atoms with Crippen molar-refractivity contribution < 1.29 is 13.6 Å². The zero-order valence-electron chi connectivity index (χ0n) is 11.2. The van der Waals surface area contributed by atoms with Crippen LogP contribution in [0.25, 0.3) is 0 Å². The van der Waals surface area contributed by atoms with E-state index in [0.717, 1.165) is 0 Å². The monoisotopic (exact) mass is 310 g/mol. The Morgan fingerprint density at radius 2 is 1.86 bits per heavy atom. The maximum atomic E-state index is 13.6. The van der Waals surface area contributed by atoms with Gasteiger partial charge in [0.25, 0.3) is 0 Å². The van der Waals surface area contributed by atoms with Crippen molar-refractivity contribution in [2.45, 2.75) is 13.5 Å². The molecule has 0 fully saturated rings. The molecule has 2 aromatic rings. The number of benzene rings is 2. The first-order valence-corrected chi connectivity index (χ1v) is 6.58. The summed E-state index contributed by atoms with van der Waals surface area (Å²) in [6, 6.07) is 8.44. The van der Waals surface area contributed by atoms with Crippen LogP contribution in [0.3, 0.4) is 0 Å². The lowest BCUT2D eigenvalue weighted by atomic mass is 10.2. The van der Waals surface area contributed by atoms with Crippen molar-refractivity contribution in [1.29, 1.82) is 0 Å². The molecule has 2 rings (SSSR count). The topological polar surface area (TPSA) is 41.1 Å². The van der Waals surface area contributed by atoms with Crippen LogP contribution >= 0.6 is 11.6 Å². The van der Waals surface area contributed by atoms with Crippen LogP contribution in [0.5, 0.6) is 0 Å². The van der Waals surface area contributed by atoms with Crippen LogP contribution in [-0.4, -0.2) is 5.91 Å². The molecule has 0 heterocycles. The Morgan fingerprint density at radius 3 is 2.57 bits per heavy atom. The lowest BCUT2D eigenvalue weighted by molar-refractivity contribution is -0.114. The number of amides is 1. The number of anilines is 2. The van der Waals surface area contributed by atoms with Gasteiger partial charge in [0.1, 0.15) is 11.6 Å². The van der Waals surface area contributed by atoms with E-state index >= 15 is 0 Å². The van der Waals surface area contributed by atoms with Crippen molar-refractivity contribution in [2.24, 2.45) is 0 Å². The fourth-order valence-corrected chi connectivity index (χ4v) is 1.99. The third-order valence-electron chi connectivity index (χ3n) is 2.77. The highest BCUT2D eigenvalue weighted by molar-refractivity contribution is 6.30. The fourth-order valence-electron chi connectivity index (χ4n) is 1.80. The van der Waals surface area contributed by atoms with Gasteiger partial charge in [-0.15, -0.1) is 0 Å². The zero-order chi connectivity index (χ0) is 15.4. The summed E-state index contributed by atoms with van der Waals surface area (Å²) in [5.41, 5.74) is 1.02. The Morgan fingerprint density at radius 1 is 1.14 bits per heavy atom. The molecule has 0 aliphatic carbocycles. The normalized spacial score (nSPS) is 10.3. The van der Waals surface area contributed by atoms with Gasteiger partial charge >= 0.3 is 0 Å². The summed E-state index contributed by atoms with van der Waals surface area (Å²) in [5, 5.41) is 5.77. The lowest BCUT2D eigenvalue weighted by Gasteiger charge is -2.10. The van der Waals surface area contributed by atoms with Crippen molar-refractivity contribution in [3.63, 3.8) is 0 Å². The van der Waals surface area contributed by atoms with Gasteiger partial charge in [-0.1, -0.05) is 11.6 Å². The first-order valence-electron chi connectivity index (χ1n) is 6.20. The van der Waals surface area contributed by atoms with Crippen LogP contribution in [0.15, 0.2) is 36.4 Å². The van der Waals surface area contributed by atoms with E-state index in [-0.39, 0.29) is 24.0 Å². The third-order valence-corrected chi connectivity index (χ3v) is 3.00. The zero-order valence-corrected chi connectivity index (χ0v) is 12.0. The molecule has 21 heavy (non-hydrogen) atoms. The standard InChI is InChI=1S/C15H13ClF2N2O/c1-9(21)20-15-7-12(3-5-14(15)18)19-8-10-6-11(16)2-4-13(10)17/h2-7,19H,8H2,1H3,(H,20,21). The molecule has 2 aromatic carbocycles. The lowest BCUT2D eigenvalue weighted by Crippen LogP contribution is -2.08. The van der Waals surface area contributed by atoms with Crippen molar-refractivity contribution in [3.8, 4) is 0 Å². The molecule has 0 aromatic heterocycles. The van der Waals surface area contributed by atoms with Crippen LogP contribution < -0.4 is 10.6 Å². The fraction of sp³-hybridized carbons (Fsp3) is 0.133. The first kappa shape index (κ1) is 15.3. The second kappa shape index (κ2) is 6.54. The minimum absolute atomic E-state index is 0.0686. The Hall–Kier alpha value is -2.14. The summed E-state index contributed by atoms with van der Waals surface area (Å²) in [4.78, 5) is 11.0. The van der Waals surface area contributed by atoms with Crippen LogP contribution in [0.1, 0.15) is 12.5 Å². The van der Waals surface area contributed by atoms with Gasteiger partial charge in [0.15, 0.2) is 0 Å². The molecule has 0 spiro atoms. The minimum Gasteiger partial charge on any atom is -0.381 e. The minimum atomic E-state index is -0.537. The summed E-state index contributed by atoms with van der Waals surface area (Å²) < 4.78 is 27.1. The summed E-state index contributed by atoms with van der Waals surface area (Å²) in [5.74, 6) is -1.28. The second-order valence-electron chi connectivity index (χ2n) is 4.47. The third kappa shape index (κ3) is 4.16. The van der Waals surface area contributed by atoms with E-state index in [9.17, 15) is 13.6 Å². The molecule has 1 amide bonds. The highest BCUT2D eigenvalue weighted by Gasteiger charge is 2.07. The maximum Gasteiger partial charge on any atom is 0.221 e. The predicted molar refractivity (Wildman–Crippen MR) is 79.4 cm³/mol. The summed E-state index contributed by atoms with van der Waals surface area (Å²) >= 11 is 5.81. The Labute approximate surface area is 125 Å². The molecule has 110 valence electrons. The van der Waals surface area contributed by atoms with Gasteiger partial charge in [0.05, 0.1) is 5.69 Å². The van der Waals surface area contributed by atoms with Crippen LogP contribution in [0.4, 0.5) is 20.2 Å². The van der Waals surface area contributed by atoms with E-state index in [1.54, 1.807) is 0 Å². The predicted octanol–water partition coefficient (Wildman–Crippen LogP) is 4.19. The van der Waals surface area contributed by atoms with E-state index in [2.05, 4.69) is 10.6 Å². The van der Waals surface area contributed by atoms with E-state index in [0.29, 0.717) is 16.3 Å². The molecule has 0 saturated heterocycles. The van der Waals surface area contributed by atoms with Gasteiger partial charge in [-0.2, -0.15) is 0 Å². The van der Waals surface area contributed by atoms with Crippen molar-refractivity contribution in [2.75, 3.05) is 10.6 Å². The van der Waals surface area contributed by atoms with Crippen LogP contribution in [0, 0.1) is 11.6 Å².